The number of likely N-dealkylation sites (tertiary alicyclic amines) is 1. The Kier molecular flexibility index (Phi) is 8.20. The fourth-order valence-corrected chi connectivity index (χ4v) is 3.33. The number of piperidine rings is 1. The van der Waals surface area contributed by atoms with Crippen LogP contribution in [0.2, 0.25) is 0 Å². The molecule has 2 saturated heterocycles. The number of carbonyl (C=O) groups is 1. The highest BCUT2D eigenvalue weighted by molar-refractivity contribution is 5.81. The van der Waals surface area contributed by atoms with Gasteiger partial charge < -0.3 is 14.8 Å². The number of likely N-dealkylation sites (N-methyl/N-ethyl adjacent to an activating group) is 1. The molecule has 1 amide bonds. The molecule has 0 unspecified atom stereocenters. The fraction of sp³-hybridized carbons (Fsp3) is 0.941. The Hall–Kier alpha value is -0.650. The van der Waals surface area contributed by atoms with Crippen molar-refractivity contribution < 1.29 is 14.3 Å². The van der Waals surface area contributed by atoms with Gasteiger partial charge in [0.15, 0.2) is 0 Å². The minimum absolute atomic E-state index is 0.0851. The molecule has 22 heavy (non-hydrogen) atoms. The summed E-state index contributed by atoms with van der Waals surface area (Å²) in [5.41, 5.74) is 0. The van der Waals surface area contributed by atoms with Crippen molar-refractivity contribution in [2.24, 2.45) is 5.92 Å². The van der Waals surface area contributed by atoms with E-state index in [4.69, 9.17) is 9.47 Å². The molecule has 2 rings (SSSR count). The molecule has 0 radical (unpaired) electrons. The van der Waals surface area contributed by atoms with Gasteiger partial charge in [-0.15, -0.1) is 0 Å². The van der Waals surface area contributed by atoms with Crippen molar-refractivity contribution in [2.45, 2.75) is 51.5 Å². The van der Waals surface area contributed by atoms with Gasteiger partial charge in [0.1, 0.15) is 0 Å². The Morgan fingerprint density at radius 2 is 2.09 bits per heavy atom. The first kappa shape index (κ1) is 17.7. The second-order valence-electron chi connectivity index (χ2n) is 6.42. The summed E-state index contributed by atoms with van der Waals surface area (Å²) in [5, 5.41) is 3.07. The zero-order valence-electron chi connectivity index (χ0n) is 14.0. The summed E-state index contributed by atoms with van der Waals surface area (Å²) < 4.78 is 11.1. The van der Waals surface area contributed by atoms with Crippen LogP contribution in [0.25, 0.3) is 0 Å². The van der Waals surface area contributed by atoms with Gasteiger partial charge in [0.25, 0.3) is 0 Å². The smallest absolute Gasteiger partial charge is 0.237 e. The lowest BCUT2D eigenvalue weighted by atomic mass is 10.0. The summed E-state index contributed by atoms with van der Waals surface area (Å²) >= 11 is 0. The second-order valence-corrected chi connectivity index (χ2v) is 6.42. The third-order valence-corrected chi connectivity index (χ3v) is 4.78. The van der Waals surface area contributed by atoms with Crippen molar-refractivity contribution in [1.29, 1.82) is 0 Å². The first-order valence-electron chi connectivity index (χ1n) is 8.98. The molecule has 1 atom stereocenters. The largest absolute Gasteiger partial charge is 0.381 e. The Morgan fingerprint density at radius 3 is 2.86 bits per heavy atom. The highest BCUT2D eigenvalue weighted by Gasteiger charge is 2.26. The van der Waals surface area contributed by atoms with Crippen LogP contribution in [0.15, 0.2) is 0 Å². The van der Waals surface area contributed by atoms with E-state index in [1.807, 2.05) is 0 Å². The quantitative estimate of drug-likeness (QED) is 0.695. The molecule has 2 aliphatic rings. The standard InChI is InChI=1S/C17H32N2O3/c1-2-19-10-4-3-6-16(19)17(20)18-9-5-11-22-14-15-7-12-21-13-8-15/h15-16H,2-14H2,1H3,(H,18,20)/t16-/m1/s1. The Balaban J connectivity index is 1.51. The second kappa shape index (κ2) is 10.2. The predicted octanol–water partition coefficient (Wildman–Crippen LogP) is 1.81. The Bertz CT molecular complexity index is 319. The lowest BCUT2D eigenvalue weighted by Crippen LogP contribution is -2.49. The molecule has 0 saturated carbocycles. The topological polar surface area (TPSA) is 50.8 Å². The molecule has 0 aromatic heterocycles. The number of ether oxygens (including phenoxy) is 2. The number of hydrogen-bond donors (Lipinski definition) is 1. The number of rotatable bonds is 8. The lowest BCUT2D eigenvalue weighted by molar-refractivity contribution is -0.127. The number of carbonyl (C=O) groups excluding carboxylic acids is 1. The minimum Gasteiger partial charge on any atom is -0.381 e. The Labute approximate surface area is 134 Å². The van der Waals surface area contributed by atoms with Crippen LogP contribution in [0.3, 0.4) is 0 Å². The van der Waals surface area contributed by atoms with Crippen LogP contribution in [-0.2, 0) is 14.3 Å². The van der Waals surface area contributed by atoms with E-state index in [-0.39, 0.29) is 11.9 Å². The summed E-state index contributed by atoms with van der Waals surface area (Å²) in [6.07, 6.45) is 6.52. The lowest BCUT2D eigenvalue weighted by Gasteiger charge is -2.33. The van der Waals surface area contributed by atoms with E-state index in [0.717, 1.165) is 71.7 Å². The van der Waals surface area contributed by atoms with Gasteiger partial charge in [0.05, 0.1) is 6.04 Å². The maximum absolute atomic E-state index is 12.2. The van der Waals surface area contributed by atoms with Crippen LogP contribution in [0.4, 0.5) is 0 Å². The van der Waals surface area contributed by atoms with Gasteiger partial charge in [0.2, 0.25) is 5.91 Å². The summed E-state index contributed by atoms with van der Waals surface area (Å²) in [6.45, 7) is 8.20. The molecule has 5 heteroatoms. The summed E-state index contributed by atoms with van der Waals surface area (Å²) in [5.74, 6) is 0.856. The summed E-state index contributed by atoms with van der Waals surface area (Å²) in [6, 6.07) is 0.0851. The molecule has 128 valence electrons. The van der Waals surface area contributed by atoms with Crippen LogP contribution in [-0.4, -0.2) is 62.9 Å². The van der Waals surface area contributed by atoms with E-state index in [9.17, 15) is 4.79 Å². The van der Waals surface area contributed by atoms with Crippen LogP contribution < -0.4 is 5.32 Å². The van der Waals surface area contributed by atoms with Crippen LogP contribution in [0.5, 0.6) is 0 Å². The zero-order chi connectivity index (χ0) is 15.6. The molecular formula is C17H32N2O3. The summed E-state index contributed by atoms with van der Waals surface area (Å²) in [7, 11) is 0. The molecule has 0 spiro atoms. The van der Waals surface area contributed by atoms with Crippen molar-refractivity contribution >= 4 is 5.91 Å². The first-order valence-corrected chi connectivity index (χ1v) is 8.98. The third-order valence-electron chi connectivity index (χ3n) is 4.78. The predicted molar refractivity (Wildman–Crippen MR) is 86.9 cm³/mol. The maximum Gasteiger partial charge on any atom is 0.237 e. The minimum atomic E-state index is 0.0851. The highest BCUT2D eigenvalue weighted by atomic mass is 16.5. The number of amides is 1. The van der Waals surface area contributed by atoms with E-state index < -0.39 is 0 Å². The average molecular weight is 312 g/mol. The molecule has 2 aliphatic heterocycles. The van der Waals surface area contributed by atoms with Gasteiger partial charge in [-0.05, 0) is 51.1 Å². The number of nitrogens with one attached hydrogen (secondary N) is 1. The molecule has 2 heterocycles. The fourth-order valence-electron chi connectivity index (χ4n) is 3.33. The molecular weight excluding hydrogens is 280 g/mol. The molecule has 0 bridgehead atoms. The van der Waals surface area contributed by atoms with Gasteiger partial charge in [-0.1, -0.05) is 13.3 Å². The SMILES string of the molecule is CCN1CCCC[C@@H]1C(=O)NCCCOCC1CCOCC1. The average Bonchev–Trinajstić information content (AvgIpc) is 2.58. The van der Waals surface area contributed by atoms with Gasteiger partial charge >= 0.3 is 0 Å². The van der Waals surface area contributed by atoms with Crippen molar-refractivity contribution in [2.75, 3.05) is 46.1 Å². The van der Waals surface area contributed by atoms with Crippen molar-refractivity contribution in [3.63, 3.8) is 0 Å². The van der Waals surface area contributed by atoms with Crippen molar-refractivity contribution in [1.82, 2.24) is 10.2 Å². The van der Waals surface area contributed by atoms with E-state index in [1.54, 1.807) is 0 Å². The molecule has 2 fully saturated rings. The molecule has 0 aromatic carbocycles. The van der Waals surface area contributed by atoms with Crippen molar-refractivity contribution in [3.8, 4) is 0 Å². The van der Waals surface area contributed by atoms with Crippen LogP contribution >= 0.6 is 0 Å². The van der Waals surface area contributed by atoms with Gasteiger partial charge in [-0.2, -0.15) is 0 Å². The molecule has 0 aliphatic carbocycles. The van der Waals surface area contributed by atoms with Gasteiger partial charge in [-0.25, -0.2) is 0 Å². The molecule has 0 aromatic rings. The summed E-state index contributed by atoms with van der Waals surface area (Å²) in [4.78, 5) is 14.5. The number of hydrogen-bond acceptors (Lipinski definition) is 4. The number of nitrogens with zero attached hydrogens (tertiary/aromatic N) is 1. The van der Waals surface area contributed by atoms with Gasteiger partial charge in [0, 0.05) is 33.0 Å². The monoisotopic (exact) mass is 312 g/mol. The highest BCUT2D eigenvalue weighted by Crippen LogP contribution is 2.16. The van der Waals surface area contributed by atoms with Crippen LogP contribution in [0, 0.1) is 5.92 Å². The molecule has 1 N–H and O–H groups in total. The van der Waals surface area contributed by atoms with E-state index in [1.165, 1.54) is 12.8 Å². The third kappa shape index (κ3) is 5.86. The Morgan fingerprint density at radius 1 is 1.27 bits per heavy atom. The van der Waals surface area contributed by atoms with E-state index >= 15 is 0 Å². The van der Waals surface area contributed by atoms with E-state index in [0.29, 0.717) is 5.92 Å². The maximum atomic E-state index is 12.2. The van der Waals surface area contributed by atoms with E-state index in [2.05, 4.69) is 17.1 Å². The zero-order valence-corrected chi connectivity index (χ0v) is 14.0. The molecule has 5 nitrogen and oxygen atoms in total. The normalized spacial score (nSPS) is 24.3. The van der Waals surface area contributed by atoms with Crippen LogP contribution in [0.1, 0.15) is 45.4 Å². The van der Waals surface area contributed by atoms with Crippen molar-refractivity contribution in [3.05, 3.63) is 0 Å². The first-order chi connectivity index (χ1) is 10.8. The van der Waals surface area contributed by atoms with Gasteiger partial charge in [-0.3, -0.25) is 9.69 Å².